The Morgan fingerprint density at radius 1 is 1.29 bits per heavy atom. The molecule has 1 atom stereocenters. The van der Waals surface area contributed by atoms with Crippen molar-refractivity contribution in [2.75, 3.05) is 42.6 Å². The lowest BCUT2D eigenvalue weighted by Crippen LogP contribution is -2.43. The predicted molar refractivity (Wildman–Crippen MR) is 79.2 cm³/mol. The zero-order valence-electron chi connectivity index (χ0n) is 11.7. The molecule has 116 valence electrons. The van der Waals surface area contributed by atoms with Crippen molar-refractivity contribution in [2.24, 2.45) is 0 Å². The standard InChI is InChI=1S/C14H19FN2O3S/c15-13-9-11(20-12-3-8-21(18,19)10-12)1-2-14(13)17-6-4-16-5-7-17/h1-2,9,12,16H,3-8,10H2. The fourth-order valence-electron chi connectivity index (χ4n) is 2.77. The first kappa shape index (κ1) is 14.6. The van der Waals surface area contributed by atoms with E-state index in [1.54, 1.807) is 12.1 Å². The molecule has 0 spiro atoms. The fourth-order valence-corrected chi connectivity index (χ4v) is 4.36. The van der Waals surface area contributed by atoms with E-state index in [2.05, 4.69) is 5.32 Å². The summed E-state index contributed by atoms with van der Waals surface area (Å²) in [5.74, 6) is 0.247. The van der Waals surface area contributed by atoms with Crippen LogP contribution >= 0.6 is 0 Å². The quantitative estimate of drug-likeness (QED) is 0.894. The number of sulfone groups is 1. The van der Waals surface area contributed by atoms with Crippen molar-refractivity contribution in [3.05, 3.63) is 24.0 Å². The van der Waals surface area contributed by atoms with Gasteiger partial charge in [-0.1, -0.05) is 0 Å². The summed E-state index contributed by atoms with van der Waals surface area (Å²) in [5.41, 5.74) is 0.572. The van der Waals surface area contributed by atoms with Crippen LogP contribution in [0.4, 0.5) is 10.1 Å². The minimum absolute atomic E-state index is 0.0220. The van der Waals surface area contributed by atoms with Crippen molar-refractivity contribution < 1.29 is 17.5 Å². The molecular formula is C14H19FN2O3S. The molecule has 0 radical (unpaired) electrons. The van der Waals surface area contributed by atoms with E-state index >= 15 is 0 Å². The van der Waals surface area contributed by atoms with E-state index < -0.39 is 9.84 Å². The van der Waals surface area contributed by atoms with Crippen LogP contribution in [-0.2, 0) is 9.84 Å². The molecule has 1 unspecified atom stereocenters. The molecule has 2 saturated heterocycles. The van der Waals surface area contributed by atoms with Crippen molar-refractivity contribution in [2.45, 2.75) is 12.5 Å². The third kappa shape index (κ3) is 3.47. The number of ether oxygens (including phenoxy) is 1. The lowest BCUT2D eigenvalue weighted by Gasteiger charge is -2.29. The molecule has 1 N–H and O–H groups in total. The fraction of sp³-hybridized carbons (Fsp3) is 0.571. The number of nitrogens with zero attached hydrogens (tertiary/aromatic N) is 1. The Balaban J connectivity index is 1.69. The smallest absolute Gasteiger partial charge is 0.154 e. The monoisotopic (exact) mass is 314 g/mol. The van der Waals surface area contributed by atoms with E-state index in [9.17, 15) is 12.8 Å². The van der Waals surface area contributed by atoms with Crippen LogP contribution in [0.5, 0.6) is 5.75 Å². The summed E-state index contributed by atoms with van der Waals surface area (Å²) in [7, 11) is -2.98. The minimum Gasteiger partial charge on any atom is -0.489 e. The van der Waals surface area contributed by atoms with Crippen molar-refractivity contribution in [3.63, 3.8) is 0 Å². The maximum Gasteiger partial charge on any atom is 0.154 e. The summed E-state index contributed by atoms with van der Waals surface area (Å²) < 4.78 is 42.6. The van der Waals surface area contributed by atoms with Crippen LogP contribution in [-0.4, -0.2) is 52.2 Å². The number of rotatable bonds is 3. The number of piperazine rings is 1. The molecule has 5 nitrogen and oxygen atoms in total. The highest BCUT2D eigenvalue weighted by atomic mass is 32.2. The van der Waals surface area contributed by atoms with Gasteiger partial charge in [-0.2, -0.15) is 0 Å². The molecule has 2 aliphatic rings. The van der Waals surface area contributed by atoms with Crippen LogP contribution in [0, 0.1) is 5.82 Å². The van der Waals surface area contributed by atoms with E-state index in [0.29, 0.717) is 17.9 Å². The molecule has 0 bridgehead atoms. The summed E-state index contributed by atoms with van der Waals surface area (Å²) in [5, 5.41) is 3.23. The molecule has 7 heteroatoms. The summed E-state index contributed by atoms with van der Waals surface area (Å²) in [6.45, 7) is 3.24. The topological polar surface area (TPSA) is 58.6 Å². The van der Waals surface area contributed by atoms with Gasteiger partial charge in [-0.15, -0.1) is 0 Å². The van der Waals surface area contributed by atoms with Crippen LogP contribution in [0.3, 0.4) is 0 Å². The predicted octanol–water partition coefficient (Wildman–Crippen LogP) is 0.801. The number of benzene rings is 1. The molecular weight excluding hydrogens is 295 g/mol. The number of halogens is 1. The van der Waals surface area contributed by atoms with Gasteiger partial charge >= 0.3 is 0 Å². The highest BCUT2D eigenvalue weighted by molar-refractivity contribution is 7.91. The van der Waals surface area contributed by atoms with Gasteiger partial charge in [0.05, 0.1) is 17.2 Å². The number of hydrogen-bond donors (Lipinski definition) is 1. The van der Waals surface area contributed by atoms with E-state index in [0.717, 1.165) is 26.2 Å². The normalized spacial score (nSPS) is 25.0. The maximum atomic E-state index is 14.2. The van der Waals surface area contributed by atoms with E-state index in [4.69, 9.17) is 4.74 Å². The summed E-state index contributed by atoms with van der Waals surface area (Å²) in [6.07, 6.45) is 0.114. The zero-order valence-corrected chi connectivity index (χ0v) is 12.5. The first-order valence-corrected chi connectivity index (χ1v) is 8.98. The molecule has 0 saturated carbocycles. The van der Waals surface area contributed by atoms with Gasteiger partial charge in [0.15, 0.2) is 9.84 Å². The SMILES string of the molecule is O=S1(=O)CCC(Oc2ccc(N3CCNCC3)c(F)c2)C1. The van der Waals surface area contributed by atoms with Crippen LogP contribution < -0.4 is 15.0 Å². The molecule has 2 aliphatic heterocycles. The minimum atomic E-state index is -2.98. The van der Waals surface area contributed by atoms with E-state index in [-0.39, 0.29) is 23.4 Å². The lowest BCUT2D eigenvalue weighted by atomic mass is 10.2. The van der Waals surface area contributed by atoms with Crippen LogP contribution in [0.1, 0.15) is 6.42 Å². The second kappa shape index (κ2) is 5.81. The van der Waals surface area contributed by atoms with Gasteiger partial charge < -0.3 is 15.0 Å². The second-order valence-electron chi connectivity index (χ2n) is 5.49. The van der Waals surface area contributed by atoms with Crippen molar-refractivity contribution in [3.8, 4) is 5.75 Å². The summed E-state index contributed by atoms with van der Waals surface area (Å²) >= 11 is 0. The molecule has 0 aliphatic carbocycles. The largest absolute Gasteiger partial charge is 0.489 e. The third-order valence-corrected chi connectivity index (χ3v) is 5.61. The average Bonchev–Trinajstić information content (AvgIpc) is 2.79. The van der Waals surface area contributed by atoms with Gasteiger partial charge in [-0.3, -0.25) is 0 Å². The Kier molecular flexibility index (Phi) is 4.03. The lowest BCUT2D eigenvalue weighted by molar-refractivity contribution is 0.228. The van der Waals surface area contributed by atoms with Crippen molar-refractivity contribution in [1.82, 2.24) is 5.32 Å². The average molecular weight is 314 g/mol. The molecule has 2 fully saturated rings. The maximum absolute atomic E-state index is 14.2. The summed E-state index contributed by atoms with van der Waals surface area (Å²) in [4.78, 5) is 2.00. The number of hydrogen-bond acceptors (Lipinski definition) is 5. The summed E-state index contributed by atoms with van der Waals surface area (Å²) in [6, 6.07) is 4.77. The molecule has 2 heterocycles. The van der Waals surface area contributed by atoms with Crippen LogP contribution in [0.15, 0.2) is 18.2 Å². The first-order valence-electron chi connectivity index (χ1n) is 7.16. The number of anilines is 1. The van der Waals surface area contributed by atoms with Crippen LogP contribution in [0.2, 0.25) is 0 Å². The van der Waals surface area contributed by atoms with Gasteiger partial charge in [0.1, 0.15) is 17.7 Å². The molecule has 1 aromatic carbocycles. The Bertz CT molecular complexity index is 615. The first-order chi connectivity index (χ1) is 10.0. The van der Waals surface area contributed by atoms with Gasteiger partial charge in [-0.25, -0.2) is 12.8 Å². The van der Waals surface area contributed by atoms with Gasteiger partial charge in [0.2, 0.25) is 0 Å². The van der Waals surface area contributed by atoms with Crippen LogP contribution in [0.25, 0.3) is 0 Å². The van der Waals surface area contributed by atoms with Crippen molar-refractivity contribution in [1.29, 1.82) is 0 Å². The Hall–Kier alpha value is -1.34. The molecule has 3 rings (SSSR count). The second-order valence-corrected chi connectivity index (χ2v) is 7.72. The van der Waals surface area contributed by atoms with Crippen molar-refractivity contribution >= 4 is 15.5 Å². The third-order valence-electron chi connectivity index (χ3n) is 3.87. The molecule has 0 aromatic heterocycles. The Morgan fingerprint density at radius 2 is 2.05 bits per heavy atom. The van der Waals surface area contributed by atoms with E-state index in [1.807, 2.05) is 4.90 Å². The zero-order chi connectivity index (χ0) is 14.9. The van der Waals surface area contributed by atoms with Gasteiger partial charge in [-0.05, 0) is 18.6 Å². The number of nitrogens with one attached hydrogen (secondary N) is 1. The highest BCUT2D eigenvalue weighted by Gasteiger charge is 2.29. The Morgan fingerprint density at radius 3 is 2.67 bits per heavy atom. The molecule has 1 aromatic rings. The Labute approximate surface area is 124 Å². The van der Waals surface area contributed by atoms with Gasteiger partial charge in [0.25, 0.3) is 0 Å². The van der Waals surface area contributed by atoms with E-state index in [1.165, 1.54) is 6.07 Å². The molecule has 0 amide bonds. The highest BCUT2D eigenvalue weighted by Crippen LogP contribution is 2.26. The van der Waals surface area contributed by atoms with Gasteiger partial charge in [0, 0.05) is 32.2 Å². The molecule has 21 heavy (non-hydrogen) atoms.